The molecule has 1 saturated heterocycles. The van der Waals surface area contributed by atoms with Crippen molar-refractivity contribution in [1.29, 1.82) is 0 Å². The molecule has 0 spiro atoms. The number of benzene rings is 4. The maximum Gasteiger partial charge on any atom is 0.410 e. The Morgan fingerprint density at radius 2 is 1.24 bits per heavy atom. The highest BCUT2D eigenvalue weighted by Gasteiger charge is 2.30. The van der Waals surface area contributed by atoms with Crippen LogP contribution in [0.1, 0.15) is 95.2 Å². The lowest BCUT2D eigenvalue weighted by atomic mass is 9.93. The van der Waals surface area contributed by atoms with Gasteiger partial charge in [0.05, 0.1) is 45.1 Å². The van der Waals surface area contributed by atoms with E-state index >= 15 is 0 Å². The Morgan fingerprint density at radius 1 is 0.679 bits per heavy atom. The highest BCUT2D eigenvalue weighted by molar-refractivity contribution is 5.95. The Morgan fingerprint density at radius 3 is 1.77 bits per heavy atom. The predicted octanol–water partition coefficient (Wildman–Crippen LogP) is 7.91. The highest BCUT2D eigenvalue weighted by atomic mass is 19.1. The minimum Gasteiger partial charge on any atom is -0.491 e. The molecule has 0 aliphatic carbocycles. The lowest BCUT2D eigenvalue weighted by Crippen LogP contribution is -2.48. The van der Waals surface area contributed by atoms with Gasteiger partial charge in [-0.3, -0.25) is 4.79 Å². The maximum absolute atomic E-state index is 14.8. The molecule has 22 heteroatoms. The molecule has 4 unspecified atom stereocenters. The number of esters is 1. The van der Waals surface area contributed by atoms with Gasteiger partial charge in [-0.15, -0.1) is 0 Å². The number of carbonyl (C=O) groups excluding carboxylic acids is 5. The van der Waals surface area contributed by atoms with Gasteiger partial charge < -0.3 is 73.0 Å². The standard InChI is InChI=1S/C56H72F2N4O16/c1-56(2,3)78-55(67)62(4)46(25-37-11-10-18-71-35-37)34-61-51(63)42-26-40(30-47(32-42)72-23-21-68-5)49(38-12-8-14-44(57)28-38)75-20-17-60-54(66)77-36-76-52(64)43-27-41(31-48(33-43)73-24-22-69-6)50(39-13-9-15-45(58)29-39)74-19-16-59-53(65)70-7/h8-9,12-15,26-33,37,46,49-50H,10-11,16-25,34-36H2,1-7H3,(H,59,65)(H,60,66)(H,61,63). The zero-order valence-electron chi connectivity index (χ0n) is 45.2. The number of amides is 4. The summed E-state index contributed by atoms with van der Waals surface area (Å²) < 4.78 is 90.3. The van der Waals surface area contributed by atoms with E-state index in [9.17, 15) is 32.8 Å². The van der Waals surface area contributed by atoms with Crippen molar-refractivity contribution in [2.75, 3.05) is 108 Å². The van der Waals surface area contributed by atoms with Crippen molar-refractivity contribution in [3.63, 3.8) is 0 Å². The molecule has 5 rings (SSSR count). The number of hydrogen-bond acceptors (Lipinski definition) is 16. The van der Waals surface area contributed by atoms with E-state index in [-0.39, 0.29) is 82.1 Å². The van der Waals surface area contributed by atoms with Gasteiger partial charge in [0.2, 0.25) is 6.79 Å². The summed E-state index contributed by atoms with van der Waals surface area (Å²) in [6.07, 6.45) is -1.74. The molecule has 20 nitrogen and oxygen atoms in total. The van der Waals surface area contributed by atoms with Crippen molar-refractivity contribution in [2.45, 2.75) is 63.9 Å². The van der Waals surface area contributed by atoms with Gasteiger partial charge in [-0.05, 0) is 129 Å². The predicted molar refractivity (Wildman–Crippen MR) is 279 cm³/mol. The number of nitrogens with zero attached hydrogens (tertiary/aromatic N) is 1. The van der Waals surface area contributed by atoms with Crippen LogP contribution < -0.4 is 25.4 Å². The van der Waals surface area contributed by atoms with Crippen molar-refractivity contribution in [3.8, 4) is 11.5 Å². The van der Waals surface area contributed by atoms with E-state index in [1.165, 1.54) is 74.8 Å². The Kier molecular flexibility index (Phi) is 25.3. The summed E-state index contributed by atoms with van der Waals surface area (Å²) in [6, 6.07) is 20.2. The summed E-state index contributed by atoms with van der Waals surface area (Å²) in [5.41, 5.74) is 0.998. The third-order valence-electron chi connectivity index (χ3n) is 11.8. The summed E-state index contributed by atoms with van der Waals surface area (Å²) in [5, 5.41) is 8.04. The van der Waals surface area contributed by atoms with Crippen LogP contribution >= 0.6 is 0 Å². The van der Waals surface area contributed by atoms with Gasteiger partial charge in [-0.2, -0.15) is 0 Å². The summed E-state index contributed by atoms with van der Waals surface area (Å²) in [4.78, 5) is 66.9. The zero-order valence-corrected chi connectivity index (χ0v) is 45.2. The normalized spacial score (nSPS) is 14.4. The number of halogens is 2. The molecular weight excluding hydrogens is 1020 g/mol. The zero-order chi connectivity index (χ0) is 56.5. The average Bonchev–Trinajstić information content (AvgIpc) is 3.43. The molecular formula is C56H72F2N4O16. The summed E-state index contributed by atoms with van der Waals surface area (Å²) in [7, 11) is 5.88. The lowest BCUT2D eigenvalue weighted by molar-refractivity contribution is -0.00328. The number of carbonyl (C=O) groups is 5. The number of hydrogen-bond donors (Lipinski definition) is 3. The van der Waals surface area contributed by atoms with Gasteiger partial charge in [0.15, 0.2) is 0 Å². The van der Waals surface area contributed by atoms with Gasteiger partial charge in [0, 0.05) is 59.7 Å². The van der Waals surface area contributed by atoms with E-state index in [1.807, 2.05) is 0 Å². The molecule has 0 aromatic heterocycles. The molecule has 1 heterocycles. The van der Waals surface area contributed by atoms with Gasteiger partial charge in [-0.1, -0.05) is 24.3 Å². The molecule has 4 aromatic rings. The summed E-state index contributed by atoms with van der Waals surface area (Å²) in [5.74, 6) is -1.78. The van der Waals surface area contributed by atoms with Gasteiger partial charge >= 0.3 is 24.2 Å². The molecule has 1 aliphatic heterocycles. The third kappa shape index (κ3) is 21.0. The highest BCUT2D eigenvalue weighted by Crippen LogP contribution is 2.33. The molecule has 0 bridgehead atoms. The number of rotatable bonds is 29. The lowest BCUT2D eigenvalue weighted by Gasteiger charge is -2.34. The van der Waals surface area contributed by atoms with Gasteiger partial charge in [0.25, 0.3) is 5.91 Å². The number of alkyl carbamates (subject to hydrolysis) is 2. The molecule has 4 aromatic carbocycles. The van der Waals surface area contributed by atoms with Crippen molar-refractivity contribution in [2.24, 2.45) is 5.92 Å². The summed E-state index contributed by atoms with van der Waals surface area (Å²) >= 11 is 0. The molecule has 1 aliphatic rings. The monoisotopic (exact) mass is 1090 g/mol. The Hall–Kier alpha value is -7.11. The van der Waals surface area contributed by atoms with Crippen molar-refractivity contribution in [3.05, 3.63) is 130 Å². The SMILES string of the molecule is COCCOc1cc(C(=O)OCOC(=O)NCCOC(c2cccc(F)c2)c2cc(OCCOC)cc(C(=O)NCC(CC3CCCOC3)N(C)C(=O)OC(C)(C)C)c2)cc(C(OCCNC(=O)OC)c2cccc(F)c2)c1. The van der Waals surface area contributed by atoms with E-state index in [2.05, 4.69) is 20.7 Å². The van der Waals surface area contributed by atoms with Crippen LogP contribution in [0.5, 0.6) is 11.5 Å². The first-order chi connectivity index (χ1) is 37.5. The van der Waals surface area contributed by atoms with E-state index in [0.717, 1.165) is 12.8 Å². The van der Waals surface area contributed by atoms with Crippen LogP contribution in [0.4, 0.5) is 23.2 Å². The molecule has 4 atom stereocenters. The quantitative estimate of drug-likeness (QED) is 0.0203. The molecule has 426 valence electrons. The first-order valence-electron chi connectivity index (χ1n) is 25.5. The number of ether oxygens (including phenoxy) is 11. The van der Waals surface area contributed by atoms with Crippen LogP contribution in [-0.2, 0) is 42.6 Å². The smallest absolute Gasteiger partial charge is 0.410 e. The Bertz CT molecular complexity index is 2560. The molecule has 78 heavy (non-hydrogen) atoms. The Balaban J connectivity index is 1.26. The largest absolute Gasteiger partial charge is 0.491 e. The second-order valence-corrected chi connectivity index (χ2v) is 19.0. The fourth-order valence-electron chi connectivity index (χ4n) is 8.11. The number of likely N-dealkylation sites (N-methyl/N-ethyl adjacent to an activating group) is 1. The number of nitrogens with one attached hydrogen (secondary N) is 3. The van der Waals surface area contributed by atoms with Crippen molar-refractivity contribution in [1.82, 2.24) is 20.9 Å². The van der Waals surface area contributed by atoms with Crippen molar-refractivity contribution < 1.29 is 84.9 Å². The van der Waals surface area contributed by atoms with Crippen molar-refractivity contribution >= 4 is 30.2 Å². The fourth-order valence-corrected chi connectivity index (χ4v) is 8.11. The van der Waals surface area contributed by atoms with Gasteiger partial charge in [0.1, 0.15) is 54.2 Å². The first-order valence-corrected chi connectivity index (χ1v) is 25.5. The maximum atomic E-state index is 14.8. The third-order valence-corrected chi connectivity index (χ3v) is 11.8. The van der Waals surface area contributed by atoms with Crippen LogP contribution in [-0.4, -0.2) is 154 Å². The molecule has 0 saturated carbocycles. The van der Waals surface area contributed by atoms with E-state index in [0.29, 0.717) is 47.6 Å². The van der Waals surface area contributed by atoms with Crippen LogP contribution in [0.2, 0.25) is 0 Å². The fraction of sp³-hybridized carbons (Fsp3) is 0.482. The van der Waals surface area contributed by atoms with E-state index in [4.69, 9.17) is 47.4 Å². The Labute approximate surface area is 453 Å². The summed E-state index contributed by atoms with van der Waals surface area (Å²) in [6.45, 7) is 6.30. The second kappa shape index (κ2) is 31.9. The van der Waals surface area contributed by atoms with E-state index in [1.54, 1.807) is 64.2 Å². The van der Waals surface area contributed by atoms with Crippen LogP contribution in [0.25, 0.3) is 0 Å². The van der Waals surface area contributed by atoms with Gasteiger partial charge in [-0.25, -0.2) is 28.0 Å². The van der Waals surface area contributed by atoms with E-state index < -0.39 is 72.4 Å². The topological polar surface area (TPSA) is 226 Å². The minimum atomic E-state index is -0.990. The molecule has 0 radical (unpaired) electrons. The average molecular weight is 1100 g/mol. The number of methoxy groups -OCH3 is 3. The molecule has 1 fully saturated rings. The first kappa shape index (κ1) is 61.7. The van der Waals surface area contributed by atoms with Crippen LogP contribution in [0.15, 0.2) is 84.9 Å². The second-order valence-electron chi connectivity index (χ2n) is 19.0. The molecule has 3 N–H and O–H groups in total. The van der Waals surface area contributed by atoms with Crippen LogP contribution in [0, 0.1) is 17.6 Å². The minimum absolute atomic E-state index is 0.0209. The molecule has 4 amide bonds. The van der Waals surface area contributed by atoms with Crippen LogP contribution in [0.3, 0.4) is 0 Å².